The summed E-state index contributed by atoms with van der Waals surface area (Å²) in [5, 5.41) is 1.93. The molecule has 4 rings (SSSR count). The quantitative estimate of drug-likeness (QED) is 0.578. The first-order valence-corrected chi connectivity index (χ1v) is 9.46. The van der Waals surface area contributed by atoms with Crippen LogP contribution in [0.4, 0.5) is 18.9 Å². The maximum Gasteiger partial charge on any atom is 0.416 e. The highest BCUT2D eigenvalue weighted by Gasteiger charge is 2.31. The lowest BCUT2D eigenvalue weighted by molar-refractivity contribution is -0.137. The zero-order chi connectivity index (χ0) is 17.6. The summed E-state index contributed by atoms with van der Waals surface area (Å²) in [7, 11) is -1.58. The Morgan fingerprint density at radius 2 is 1.72 bits per heavy atom. The zero-order valence-electron chi connectivity index (χ0n) is 12.8. The second-order valence-corrected chi connectivity index (χ2v) is 7.93. The van der Waals surface area contributed by atoms with Gasteiger partial charge in [-0.3, -0.25) is 4.31 Å². The van der Waals surface area contributed by atoms with E-state index in [2.05, 4.69) is 0 Å². The first-order chi connectivity index (χ1) is 11.9. The third-order valence-corrected chi connectivity index (χ3v) is 6.41. The van der Waals surface area contributed by atoms with Gasteiger partial charge in [0.2, 0.25) is 0 Å². The molecule has 1 unspecified atom stereocenters. The zero-order valence-corrected chi connectivity index (χ0v) is 14.4. The average molecular weight is 379 g/mol. The highest BCUT2D eigenvalue weighted by atomic mass is 32.2. The number of halogens is 3. The van der Waals surface area contributed by atoms with Crippen molar-refractivity contribution in [1.82, 2.24) is 0 Å². The van der Waals surface area contributed by atoms with Crippen LogP contribution in [0.25, 0.3) is 10.4 Å². The van der Waals surface area contributed by atoms with E-state index in [9.17, 15) is 17.4 Å². The highest BCUT2D eigenvalue weighted by molar-refractivity contribution is 7.86. The fourth-order valence-corrected chi connectivity index (χ4v) is 5.08. The molecule has 0 aliphatic carbocycles. The van der Waals surface area contributed by atoms with E-state index in [0.717, 1.165) is 33.8 Å². The molecule has 1 aliphatic rings. The lowest BCUT2D eigenvalue weighted by atomic mass is 10.0. The molecule has 128 valence electrons. The number of anilines is 1. The number of rotatable bonds is 2. The van der Waals surface area contributed by atoms with Crippen molar-refractivity contribution in [3.05, 3.63) is 71.1 Å². The minimum atomic E-state index is -4.40. The van der Waals surface area contributed by atoms with Gasteiger partial charge in [0.1, 0.15) is 0 Å². The molecule has 0 saturated carbocycles. The molecule has 0 fully saturated rings. The molecule has 25 heavy (non-hydrogen) atoms. The SMILES string of the molecule is O=S(c1ccc(C(F)(F)F)cc1)N1Cc2ccccc2-c2sccc21. The van der Waals surface area contributed by atoms with E-state index < -0.39 is 22.7 Å². The average Bonchev–Trinajstić information content (AvgIpc) is 3.10. The predicted octanol–water partition coefficient (Wildman–Crippen LogP) is 5.48. The largest absolute Gasteiger partial charge is 0.416 e. The summed E-state index contributed by atoms with van der Waals surface area (Å²) in [6, 6.07) is 14.3. The van der Waals surface area contributed by atoms with E-state index in [4.69, 9.17) is 0 Å². The minimum absolute atomic E-state index is 0.351. The van der Waals surface area contributed by atoms with Gasteiger partial charge in [-0.15, -0.1) is 11.3 Å². The molecule has 0 saturated heterocycles. The highest BCUT2D eigenvalue weighted by Crippen LogP contribution is 2.44. The number of thiophene rings is 1. The van der Waals surface area contributed by atoms with Crippen molar-refractivity contribution < 1.29 is 17.4 Å². The summed E-state index contributed by atoms with van der Waals surface area (Å²) < 4.78 is 52.9. The van der Waals surface area contributed by atoms with Crippen LogP contribution < -0.4 is 4.31 Å². The lowest BCUT2D eigenvalue weighted by Crippen LogP contribution is -2.28. The van der Waals surface area contributed by atoms with Crippen LogP contribution in [-0.4, -0.2) is 4.21 Å². The molecule has 1 aliphatic heterocycles. The molecule has 2 aromatic carbocycles. The summed E-state index contributed by atoms with van der Waals surface area (Å²) in [4.78, 5) is 1.38. The van der Waals surface area contributed by atoms with Crippen LogP contribution >= 0.6 is 11.3 Å². The molecule has 0 amide bonds. The van der Waals surface area contributed by atoms with Crippen LogP contribution in [0, 0.1) is 0 Å². The Hall–Kier alpha value is -2.12. The third-order valence-electron chi connectivity index (χ3n) is 4.07. The number of hydrogen-bond donors (Lipinski definition) is 0. The first kappa shape index (κ1) is 16.4. The van der Waals surface area contributed by atoms with Gasteiger partial charge in [-0.1, -0.05) is 24.3 Å². The molecule has 1 aromatic heterocycles. The molecule has 3 aromatic rings. The van der Waals surface area contributed by atoms with E-state index in [1.165, 1.54) is 12.1 Å². The van der Waals surface area contributed by atoms with E-state index >= 15 is 0 Å². The van der Waals surface area contributed by atoms with Crippen LogP contribution in [0.3, 0.4) is 0 Å². The summed E-state index contributed by atoms with van der Waals surface area (Å²) in [5.41, 5.74) is 2.28. The Labute approximate surface area is 149 Å². The number of alkyl halides is 3. The van der Waals surface area contributed by atoms with Crippen LogP contribution in [-0.2, 0) is 23.7 Å². The minimum Gasteiger partial charge on any atom is -0.282 e. The second kappa shape index (κ2) is 6.00. The molecule has 0 spiro atoms. The predicted molar refractivity (Wildman–Crippen MR) is 93.8 cm³/mol. The van der Waals surface area contributed by atoms with Crippen molar-refractivity contribution in [2.75, 3.05) is 4.31 Å². The smallest absolute Gasteiger partial charge is 0.282 e. The van der Waals surface area contributed by atoms with Crippen LogP contribution in [0.2, 0.25) is 0 Å². The topological polar surface area (TPSA) is 20.3 Å². The van der Waals surface area contributed by atoms with Crippen molar-refractivity contribution in [2.45, 2.75) is 17.6 Å². The number of hydrogen-bond acceptors (Lipinski definition) is 2. The van der Waals surface area contributed by atoms with Gasteiger partial charge in [0, 0.05) is 0 Å². The molecule has 7 heteroatoms. The van der Waals surface area contributed by atoms with E-state index in [1.807, 2.05) is 35.7 Å². The Kier molecular flexibility index (Phi) is 3.92. The summed E-state index contributed by atoms with van der Waals surface area (Å²) in [6.07, 6.45) is -4.40. The van der Waals surface area contributed by atoms with E-state index in [1.54, 1.807) is 15.6 Å². The fourth-order valence-electron chi connectivity index (χ4n) is 2.86. The van der Waals surface area contributed by atoms with Crippen molar-refractivity contribution in [3.63, 3.8) is 0 Å². The Morgan fingerprint density at radius 3 is 2.44 bits per heavy atom. The Morgan fingerprint density at radius 1 is 1.00 bits per heavy atom. The fraction of sp³-hybridized carbons (Fsp3) is 0.111. The van der Waals surface area contributed by atoms with Crippen LogP contribution in [0.1, 0.15) is 11.1 Å². The molecule has 2 heterocycles. The maximum atomic E-state index is 13.0. The van der Waals surface area contributed by atoms with Gasteiger partial charge in [0.25, 0.3) is 0 Å². The second-order valence-electron chi connectivity index (χ2n) is 5.60. The Balaban J connectivity index is 1.70. The summed E-state index contributed by atoms with van der Waals surface area (Å²) in [6.45, 7) is 0.452. The van der Waals surface area contributed by atoms with Gasteiger partial charge in [-0.25, -0.2) is 4.21 Å². The molecular formula is C18H12F3NOS2. The number of fused-ring (bicyclic) bond motifs is 3. The molecule has 2 nitrogen and oxygen atoms in total. The van der Waals surface area contributed by atoms with Gasteiger partial charge < -0.3 is 0 Å². The van der Waals surface area contributed by atoms with Crippen molar-refractivity contribution in [3.8, 4) is 10.4 Å². The number of benzene rings is 2. The lowest BCUT2D eigenvalue weighted by Gasteiger charge is -2.29. The van der Waals surface area contributed by atoms with Gasteiger partial charge in [-0.2, -0.15) is 13.2 Å². The summed E-state index contributed by atoms with van der Waals surface area (Å²) in [5.74, 6) is 0. The van der Waals surface area contributed by atoms with Gasteiger partial charge in [-0.05, 0) is 46.8 Å². The van der Waals surface area contributed by atoms with E-state index in [-0.39, 0.29) is 0 Å². The van der Waals surface area contributed by atoms with E-state index in [0.29, 0.717) is 11.4 Å². The van der Waals surface area contributed by atoms with Crippen molar-refractivity contribution in [2.24, 2.45) is 0 Å². The molecule has 0 radical (unpaired) electrons. The van der Waals surface area contributed by atoms with Gasteiger partial charge in [0.15, 0.2) is 11.0 Å². The maximum absolute atomic E-state index is 13.0. The molecule has 1 atom stereocenters. The first-order valence-electron chi connectivity index (χ1n) is 7.47. The standard InChI is InChI=1S/C18H12F3NOS2/c19-18(20,21)13-5-7-14(8-6-13)25(23)22-11-12-3-1-2-4-15(12)17-16(22)9-10-24-17/h1-10H,11H2. The van der Waals surface area contributed by atoms with Gasteiger partial charge >= 0.3 is 6.18 Å². The van der Waals surface area contributed by atoms with Crippen LogP contribution in [0.15, 0.2) is 64.9 Å². The molecule has 0 N–H and O–H groups in total. The molecule has 0 bridgehead atoms. The Bertz CT molecular complexity index is 947. The number of nitrogens with zero attached hydrogens (tertiary/aromatic N) is 1. The monoisotopic (exact) mass is 379 g/mol. The van der Waals surface area contributed by atoms with Gasteiger partial charge in [0.05, 0.1) is 27.6 Å². The normalized spacial score (nSPS) is 14.8. The summed E-state index contributed by atoms with van der Waals surface area (Å²) >= 11 is 1.57. The third kappa shape index (κ3) is 2.87. The molecular weight excluding hydrogens is 367 g/mol. The van der Waals surface area contributed by atoms with Crippen LogP contribution in [0.5, 0.6) is 0 Å². The van der Waals surface area contributed by atoms with Crippen molar-refractivity contribution in [1.29, 1.82) is 0 Å². The van der Waals surface area contributed by atoms with Crippen molar-refractivity contribution >= 4 is 28.0 Å².